The molecule has 2 N–H and O–H groups in total. The van der Waals surface area contributed by atoms with Crippen LogP contribution in [-0.4, -0.2) is 42.4 Å². The average Bonchev–Trinajstić information content (AvgIpc) is 2.61. The molecule has 0 bridgehead atoms. The molecule has 2 atom stereocenters. The summed E-state index contributed by atoms with van der Waals surface area (Å²) in [5, 5.41) is 19.1. The van der Waals surface area contributed by atoms with Crippen molar-refractivity contribution in [3.05, 3.63) is 53.8 Å². The van der Waals surface area contributed by atoms with Crippen LogP contribution in [0.1, 0.15) is 17.2 Å². The van der Waals surface area contributed by atoms with Crippen molar-refractivity contribution in [2.45, 2.75) is 12.4 Å². The minimum Gasteiger partial charge on any atom is -0.725 e. The van der Waals surface area contributed by atoms with Crippen molar-refractivity contribution >= 4 is 26.9 Å². The Morgan fingerprint density at radius 2 is 1.63 bits per heavy atom. The number of benzene rings is 2. The van der Waals surface area contributed by atoms with E-state index >= 15 is 0 Å². The second-order valence-corrected chi connectivity index (χ2v) is 7.81. The monoisotopic (exact) mass is 460 g/mol. The molecule has 0 saturated carbocycles. The lowest BCUT2D eigenvalue weighted by Gasteiger charge is -2.34. The third-order valence-corrected chi connectivity index (χ3v) is 4.46. The molecule has 1 aliphatic rings. The molecule has 0 saturated heterocycles. The van der Waals surface area contributed by atoms with Crippen LogP contribution >= 0.6 is 0 Å². The summed E-state index contributed by atoms with van der Waals surface area (Å²) in [5.74, 6) is -0.955. The predicted molar refractivity (Wildman–Crippen MR) is 94.6 cm³/mol. The lowest BCUT2D eigenvalue weighted by molar-refractivity contribution is -0.0994. The third kappa shape index (κ3) is 5.52. The van der Waals surface area contributed by atoms with Crippen LogP contribution < -0.4 is 9.47 Å². The van der Waals surface area contributed by atoms with Gasteiger partial charge in [0.05, 0.1) is 0 Å². The summed E-state index contributed by atoms with van der Waals surface area (Å²) in [6.45, 7) is 0. The molecule has 12 nitrogen and oxygen atoms in total. The smallest absolute Gasteiger partial charge is 0.262 e. The van der Waals surface area contributed by atoms with Gasteiger partial charge in [-0.15, -0.1) is 0 Å². The molecule has 0 aromatic heterocycles. The van der Waals surface area contributed by atoms with E-state index in [4.69, 9.17) is 9.47 Å². The Balaban J connectivity index is 1.94. The third-order valence-electron chi connectivity index (χ3n) is 3.69. The van der Waals surface area contributed by atoms with Gasteiger partial charge in [-0.25, -0.2) is 21.0 Å². The highest BCUT2D eigenvalue weighted by molar-refractivity contribution is 7.81. The van der Waals surface area contributed by atoms with Crippen LogP contribution in [0, 0.1) is 0 Å². The zero-order valence-electron chi connectivity index (χ0n) is 14.6. The molecule has 0 fully saturated rings. The zero-order valence-corrected chi connectivity index (χ0v) is 16.2. The van der Waals surface area contributed by atoms with E-state index in [1.165, 1.54) is 24.3 Å². The number of phenols is 2. The number of aromatic hydroxyl groups is 2. The predicted octanol–water partition coefficient (Wildman–Crippen LogP) is 0.861. The summed E-state index contributed by atoms with van der Waals surface area (Å²) in [6.07, 6.45) is -1.39. The van der Waals surface area contributed by atoms with Crippen molar-refractivity contribution < 1.29 is 54.0 Å². The van der Waals surface area contributed by atoms with Gasteiger partial charge in [0.25, 0.3) is 16.7 Å². The largest absolute Gasteiger partial charge is 0.725 e. The molecule has 1 aliphatic heterocycles. The summed E-state index contributed by atoms with van der Waals surface area (Å²) < 4.78 is 84.0. The van der Waals surface area contributed by atoms with Gasteiger partial charge in [-0.05, 0) is 35.9 Å². The Kier molecular flexibility index (Phi) is 5.78. The van der Waals surface area contributed by atoms with Gasteiger partial charge in [0.1, 0.15) is 6.26 Å². The molecule has 0 amide bonds. The van der Waals surface area contributed by atoms with E-state index in [-0.39, 0.29) is 22.6 Å². The number of hydrogen-bond acceptors (Lipinski definition) is 12. The molecule has 2 aromatic carbocycles. The number of phenolic OH excluding ortho intramolecular Hbond substituents is 2. The number of ether oxygens (including phenoxy) is 2. The lowest BCUT2D eigenvalue weighted by Crippen LogP contribution is -2.37. The quantitative estimate of drug-likeness (QED) is 0.268. The number of rotatable bonds is 6. The summed E-state index contributed by atoms with van der Waals surface area (Å²) in [6, 6.07) is 7.54. The number of fused-ring (bicyclic) bond motifs is 1. The first-order valence-electron chi connectivity index (χ1n) is 7.85. The van der Waals surface area contributed by atoms with Crippen LogP contribution in [0.2, 0.25) is 0 Å². The summed E-state index contributed by atoms with van der Waals surface area (Å²) in [5.41, 5.74) is 0.396. The Bertz CT molecular complexity index is 1190. The molecule has 30 heavy (non-hydrogen) atoms. The van der Waals surface area contributed by atoms with E-state index in [9.17, 15) is 36.2 Å². The standard InChI is InChI=1S/C16H14O12S2/c17-11-3-2-10(8-12(11)18)15-16(28-30(22,23)24)27-14-7-9(1-4-13(14)26-15)5-6-25-29(19,20)21/h1-8,15-18H,(H,19,20,21)(H,22,23,24)/p-2/b6-5+. The van der Waals surface area contributed by atoms with E-state index in [1.54, 1.807) is 0 Å². The molecule has 0 aliphatic carbocycles. The molecular formula is C16H12O12S2-2. The fourth-order valence-electron chi connectivity index (χ4n) is 2.50. The topological polar surface area (TPSA) is 192 Å². The van der Waals surface area contributed by atoms with Gasteiger partial charge in [-0.3, -0.25) is 0 Å². The minimum absolute atomic E-state index is 0.0740. The Morgan fingerprint density at radius 1 is 0.900 bits per heavy atom. The average molecular weight is 460 g/mol. The molecule has 3 rings (SSSR count). The van der Waals surface area contributed by atoms with Crippen molar-refractivity contribution in [1.82, 2.24) is 0 Å². The van der Waals surface area contributed by atoms with Gasteiger partial charge in [0.2, 0.25) is 10.4 Å². The molecule has 1 heterocycles. The highest BCUT2D eigenvalue weighted by Crippen LogP contribution is 2.42. The normalized spacial score (nSPS) is 19.0. The first kappa shape index (κ1) is 21.7. The van der Waals surface area contributed by atoms with Crippen molar-refractivity contribution in [2.24, 2.45) is 0 Å². The van der Waals surface area contributed by atoms with Crippen LogP contribution in [0.25, 0.3) is 6.08 Å². The van der Waals surface area contributed by atoms with Gasteiger partial charge >= 0.3 is 0 Å². The van der Waals surface area contributed by atoms with E-state index in [2.05, 4.69) is 8.37 Å². The summed E-state index contributed by atoms with van der Waals surface area (Å²) in [4.78, 5) is 0. The van der Waals surface area contributed by atoms with Crippen LogP contribution in [0.15, 0.2) is 42.7 Å². The Hall–Kier alpha value is -3.04. The van der Waals surface area contributed by atoms with Crippen molar-refractivity contribution in [2.75, 3.05) is 0 Å². The number of hydrogen-bond donors (Lipinski definition) is 2. The molecule has 14 heteroatoms. The fourth-order valence-corrected chi connectivity index (χ4v) is 3.06. The molecule has 2 aromatic rings. The molecular weight excluding hydrogens is 448 g/mol. The van der Waals surface area contributed by atoms with Crippen LogP contribution in [0.4, 0.5) is 0 Å². The van der Waals surface area contributed by atoms with Gasteiger partial charge in [0, 0.05) is 5.56 Å². The SMILES string of the molecule is O=S(=O)([O-])O/C=C/c1ccc2c(c1)OC(OS(=O)(=O)[O-])C(c1ccc(O)c(O)c1)O2. The summed E-state index contributed by atoms with van der Waals surface area (Å²) >= 11 is 0. The van der Waals surface area contributed by atoms with Gasteiger partial charge in [-0.2, -0.15) is 0 Å². The fraction of sp³-hybridized carbons (Fsp3) is 0.125. The van der Waals surface area contributed by atoms with Gasteiger partial charge in [0.15, 0.2) is 29.1 Å². The van der Waals surface area contributed by atoms with E-state index in [0.29, 0.717) is 6.26 Å². The van der Waals surface area contributed by atoms with Crippen molar-refractivity contribution in [3.8, 4) is 23.0 Å². The zero-order chi connectivity index (χ0) is 22.1. The second-order valence-electron chi connectivity index (χ2n) is 5.79. The summed E-state index contributed by atoms with van der Waals surface area (Å²) in [7, 11) is -10.2. The maximum Gasteiger partial charge on any atom is 0.262 e. The first-order chi connectivity index (χ1) is 13.9. The van der Waals surface area contributed by atoms with Crippen molar-refractivity contribution in [1.29, 1.82) is 0 Å². The Morgan fingerprint density at radius 3 is 2.27 bits per heavy atom. The van der Waals surface area contributed by atoms with Gasteiger partial charge in [-0.1, -0.05) is 12.1 Å². The minimum atomic E-state index is -5.23. The Labute approximate surface area is 170 Å². The molecule has 2 unspecified atom stereocenters. The maximum absolute atomic E-state index is 11.1. The second kappa shape index (κ2) is 8.00. The highest BCUT2D eigenvalue weighted by atomic mass is 32.3. The van der Waals surface area contributed by atoms with Crippen LogP contribution in [-0.2, 0) is 29.2 Å². The van der Waals surface area contributed by atoms with Crippen LogP contribution in [0.3, 0.4) is 0 Å². The maximum atomic E-state index is 11.1. The lowest BCUT2D eigenvalue weighted by atomic mass is 10.1. The molecule has 0 spiro atoms. The van der Waals surface area contributed by atoms with E-state index < -0.39 is 44.7 Å². The van der Waals surface area contributed by atoms with E-state index in [0.717, 1.165) is 18.2 Å². The van der Waals surface area contributed by atoms with Crippen molar-refractivity contribution in [3.63, 3.8) is 0 Å². The highest BCUT2D eigenvalue weighted by Gasteiger charge is 2.36. The van der Waals surface area contributed by atoms with Crippen LogP contribution in [0.5, 0.6) is 23.0 Å². The molecule has 162 valence electrons. The first-order valence-corrected chi connectivity index (χ1v) is 10.5. The van der Waals surface area contributed by atoms with Gasteiger partial charge < -0.3 is 33.0 Å². The molecule has 0 radical (unpaired) electrons. The van der Waals surface area contributed by atoms with E-state index in [1.807, 2.05) is 0 Å².